The van der Waals surface area contributed by atoms with Crippen molar-refractivity contribution < 1.29 is 9.53 Å². The van der Waals surface area contributed by atoms with Gasteiger partial charge in [-0.2, -0.15) is 5.26 Å². The third-order valence-electron chi connectivity index (χ3n) is 3.11. The maximum absolute atomic E-state index is 12.1. The van der Waals surface area contributed by atoms with Crippen molar-refractivity contribution in [3.8, 4) is 11.8 Å². The lowest BCUT2D eigenvalue weighted by atomic mass is 10.1. The Bertz CT molecular complexity index is 522. The molecule has 1 heterocycles. The number of benzene rings is 1. The van der Waals surface area contributed by atoms with Gasteiger partial charge in [-0.05, 0) is 37.6 Å². The van der Waals surface area contributed by atoms with Crippen LogP contribution < -0.4 is 15.4 Å². The van der Waals surface area contributed by atoms with Gasteiger partial charge in [-0.25, -0.2) is 0 Å². The van der Waals surface area contributed by atoms with Gasteiger partial charge in [-0.1, -0.05) is 6.07 Å². The molecule has 0 bridgehead atoms. The Morgan fingerprint density at radius 1 is 1.53 bits per heavy atom. The van der Waals surface area contributed by atoms with Gasteiger partial charge in [0.1, 0.15) is 5.75 Å². The predicted octanol–water partition coefficient (Wildman–Crippen LogP) is 1.22. The standard InChI is InChI=1S/C14H17N3O2/c1-10-14(18)17(8-2-6-15)12-9-11(5-7-16)3-4-13(12)19-10/h3-4,9-10H,2,5,7-8,16H2,1H3. The molecule has 0 aliphatic carbocycles. The summed E-state index contributed by atoms with van der Waals surface area (Å²) in [6.45, 7) is 2.67. The summed E-state index contributed by atoms with van der Waals surface area (Å²) >= 11 is 0. The summed E-state index contributed by atoms with van der Waals surface area (Å²) < 4.78 is 5.58. The van der Waals surface area contributed by atoms with Crippen LogP contribution in [0.3, 0.4) is 0 Å². The number of nitrogens with two attached hydrogens (primary N) is 1. The van der Waals surface area contributed by atoms with Gasteiger partial charge in [-0.3, -0.25) is 4.79 Å². The minimum Gasteiger partial charge on any atom is -0.479 e. The van der Waals surface area contributed by atoms with Crippen molar-refractivity contribution in [3.63, 3.8) is 0 Å². The first-order valence-electron chi connectivity index (χ1n) is 6.35. The van der Waals surface area contributed by atoms with Crippen molar-refractivity contribution in [3.05, 3.63) is 23.8 Å². The van der Waals surface area contributed by atoms with Gasteiger partial charge in [0, 0.05) is 6.54 Å². The third-order valence-corrected chi connectivity index (χ3v) is 3.11. The molecular weight excluding hydrogens is 242 g/mol. The fourth-order valence-corrected chi connectivity index (χ4v) is 2.17. The van der Waals surface area contributed by atoms with Crippen molar-refractivity contribution in [1.82, 2.24) is 0 Å². The van der Waals surface area contributed by atoms with E-state index in [1.165, 1.54) is 0 Å². The Balaban J connectivity index is 2.36. The summed E-state index contributed by atoms with van der Waals surface area (Å²) in [6, 6.07) is 7.81. The Hall–Kier alpha value is -2.06. The van der Waals surface area contributed by atoms with Crippen LogP contribution in [0.5, 0.6) is 5.75 Å². The van der Waals surface area contributed by atoms with Crippen LogP contribution in [0.4, 0.5) is 5.69 Å². The zero-order valence-corrected chi connectivity index (χ0v) is 10.9. The van der Waals surface area contributed by atoms with Crippen LogP contribution >= 0.6 is 0 Å². The molecule has 1 atom stereocenters. The summed E-state index contributed by atoms with van der Waals surface area (Å²) in [7, 11) is 0. The summed E-state index contributed by atoms with van der Waals surface area (Å²) in [5.74, 6) is 0.582. The Kier molecular flexibility index (Phi) is 4.03. The molecule has 0 fully saturated rings. The molecule has 0 radical (unpaired) electrons. The topological polar surface area (TPSA) is 79.3 Å². The fourth-order valence-electron chi connectivity index (χ4n) is 2.17. The lowest BCUT2D eigenvalue weighted by Crippen LogP contribution is -2.44. The Morgan fingerprint density at radius 2 is 2.32 bits per heavy atom. The number of hydrogen-bond acceptors (Lipinski definition) is 4. The number of amides is 1. The molecule has 5 nitrogen and oxygen atoms in total. The zero-order chi connectivity index (χ0) is 13.8. The van der Waals surface area contributed by atoms with E-state index in [-0.39, 0.29) is 5.91 Å². The molecule has 5 heteroatoms. The van der Waals surface area contributed by atoms with Gasteiger partial charge in [0.2, 0.25) is 0 Å². The maximum atomic E-state index is 12.1. The molecule has 0 saturated carbocycles. The van der Waals surface area contributed by atoms with Crippen LogP contribution in [0.25, 0.3) is 0 Å². The van der Waals surface area contributed by atoms with E-state index in [2.05, 4.69) is 6.07 Å². The van der Waals surface area contributed by atoms with Crippen molar-refractivity contribution in [2.45, 2.75) is 25.9 Å². The number of carbonyl (C=O) groups is 1. The molecular formula is C14H17N3O2. The van der Waals surface area contributed by atoms with Gasteiger partial charge in [0.15, 0.2) is 6.10 Å². The van der Waals surface area contributed by atoms with Crippen LogP contribution in [-0.4, -0.2) is 25.1 Å². The second kappa shape index (κ2) is 5.72. The van der Waals surface area contributed by atoms with E-state index in [1.54, 1.807) is 11.8 Å². The average Bonchev–Trinajstić information content (AvgIpc) is 2.40. The molecule has 1 aliphatic heterocycles. The summed E-state index contributed by atoms with van der Waals surface area (Å²) in [5, 5.41) is 8.70. The summed E-state index contributed by atoms with van der Waals surface area (Å²) in [6.07, 6.45) is 0.550. The van der Waals surface area contributed by atoms with Crippen molar-refractivity contribution >= 4 is 11.6 Å². The highest BCUT2D eigenvalue weighted by Gasteiger charge is 2.31. The molecule has 0 saturated heterocycles. The molecule has 1 unspecified atom stereocenters. The molecule has 2 rings (SSSR count). The number of nitrogens with zero attached hydrogens (tertiary/aromatic N) is 2. The van der Waals surface area contributed by atoms with Gasteiger partial charge in [-0.15, -0.1) is 0 Å². The monoisotopic (exact) mass is 259 g/mol. The Morgan fingerprint density at radius 3 is 3.00 bits per heavy atom. The summed E-state index contributed by atoms with van der Waals surface area (Å²) in [5.41, 5.74) is 7.35. The van der Waals surface area contributed by atoms with Crippen LogP contribution in [0.2, 0.25) is 0 Å². The fraction of sp³-hybridized carbons (Fsp3) is 0.429. The summed E-state index contributed by atoms with van der Waals surface area (Å²) in [4.78, 5) is 13.8. The number of rotatable bonds is 4. The first-order valence-corrected chi connectivity index (χ1v) is 6.35. The average molecular weight is 259 g/mol. The minimum absolute atomic E-state index is 0.104. The van der Waals surface area contributed by atoms with E-state index >= 15 is 0 Å². The van der Waals surface area contributed by atoms with Gasteiger partial charge in [0.25, 0.3) is 5.91 Å². The highest BCUT2D eigenvalue weighted by atomic mass is 16.5. The van der Waals surface area contributed by atoms with Gasteiger partial charge in [0.05, 0.1) is 18.2 Å². The lowest BCUT2D eigenvalue weighted by Gasteiger charge is -2.33. The zero-order valence-electron chi connectivity index (χ0n) is 10.9. The number of carbonyl (C=O) groups excluding carboxylic acids is 1. The van der Waals surface area contributed by atoms with Gasteiger partial charge >= 0.3 is 0 Å². The Labute approximate surface area is 112 Å². The minimum atomic E-state index is -0.508. The van der Waals surface area contributed by atoms with Crippen molar-refractivity contribution in [2.75, 3.05) is 18.0 Å². The SMILES string of the molecule is CC1Oc2ccc(CCN)cc2N(CCC#N)C1=O. The molecule has 0 aromatic heterocycles. The molecule has 1 aliphatic rings. The van der Waals surface area contributed by atoms with E-state index in [1.807, 2.05) is 18.2 Å². The molecule has 1 aromatic carbocycles. The predicted molar refractivity (Wildman–Crippen MR) is 71.9 cm³/mol. The van der Waals surface area contributed by atoms with E-state index in [0.717, 1.165) is 17.7 Å². The molecule has 19 heavy (non-hydrogen) atoms. The number of anilines is 1. The van der Waals surface area contributed by atoms with Crippen molar-refractivity contribution in [1.29, 1.82) is 5.26 Å². The molecule has 2 N–H and O–H groups in total. The maximum Gasteiger partial charge on any atom is 0.267 e. The number of nitriles is 1. The van der Waals surface area contributed by atoms with Crippen LogP contribution in [-0.2, 0) is 11.2 Å². The lowest BCUT2D eigenvalue weighted by molar-refractivity contribution is -0.125. The molecule has 100 valence electrons. The van der Waals surface area contributed by atoms with Crippen LogP contribution in [0, 0.1) is 11.3 Å². The number of ether oxygens (including phenoxy) is 1. The normalized spacial score (nSPS) is 17.6. The number of fused-ring (bicyclic) bond motifs is 1. The van der Waals surface area contributed by atoms with Gasteiger partial charge < -0.3 is 15.4 Å². The van der Waals surface area contributed by atoms with Crippen molar-refractivity contribution in [2.24, 2.45) is 5.73 Å². The number of hydrogen-bond donors (Lipinski definition) is 1. The third kappa shape index (κ3) is 2.69. The first kappa shape index (κ1) is 13.4. The van der Waals surface area contributed by atoms with Crippen LogP contribution in [0.1, 0.15) is 18.9 Å². The van der Waals surface area contributed by atoms with E-state index < -0.39 is 6.10 Å². The second-order valence-electron chi connectivity index (χ2n) is 4.50. The quantitative estimate of drug-likeness (QED) is 0.881. The largest absolute Gasteiger partial charge is 0.479 e. The van der Waals surface area contributed by atoms with Crippen LogP contribution in [0.15, 0.2) is 18.2 Å². The molecule has 1 aromatic rings. The first-order chi connectivity index (χ1) is 9.17. The van der Waals surface area contributed by atoms with E-state index in [9.17, 15) is 4.79 Å². The molecule has 1 amide bonds. The van der Waals surface area contributed by atoms with E-state index in [4.69, 9.17) is 15.7 Å². The highest BCUT2D eigenvalue weighted by molar-refractivity contribution is 5.99. The van der Waals surface area contributed by atoms with E-state index in [0.29, 0.717) is 25.3 Å². The second-order valence-corrected chi connectivity index (χ2v) is 4.50. The smallest absolute Gasteiger partial charge is 0.267 e. The highest BCUT2D eigenvalue weighted by Crippen LogP contribution is 2.35. The molecule has 0 spiro atoms.